The molecule has 17 heavy (non-hydrogen) atoms. The Labute approximate surface area is 108 Å². The molecule has 0 radical (unpaired) electrons. The molecule has 0 saturated heterocycles. The summed E-state index contributed by atoms with van der Waals surface area (Å²) in [5.41, 5.74) is 2.59. The highest BCUT2D eigenvalue weighted by Gasteiger charge is 2.19. The fourth-order valence-electron chi connectivity index (χ4n) is 1.99. The monoisotopic (exact) mass is 253 g/mol. The summed E-state index contributed by atoms with van der Waals surface area (Å²) >= 11 is 6.13. The highest BCUT2D eigenvalue weighted by Crippen LogP contribution is 2.28. The smallest absolute Gasteiger partial charge is 0.137 e. The van der Waals surface area contributed by atoms with Crippen LogP contribution in [0.4, 0.5) is 0 Å². The number of hydrogen-bond donors (Lipinski definition) is 1. The second kappa shape index (κ2) is 5.74. The molecule has 0 heterocycles. The highest BCUT2D eigenvalue weighted by atomic mass is 35.5. The van der Waals surface area contributed by atoms with Crippen LogP contribution in [0.1, 0.15) is 30.4 Å². The first kappa shape index (κ1) is 12.7. The zero-order valence-electron chi connectivity index (χ0n) is 10.6. The van der Waals surface area contributed by atoms with Crippen LogP contribution in [0.5, 0.6) is 5.75 Å². The molecule has 1 aliphatic rings. The molecule has 0 aliphatic heterocycles. The van der Waals surface area contributed by atoms with Crippen LogP contribution in [-0.4, -0.2) is 19.7 Å². The van der Waals surface area contributed by atoms with Gasteiger partial charge in [-0.05, 0) is 62.4 Å². The standard InChI is InChI=1S/C14H20ClNO/c1-10-8-14(17-2)13(15)9-11(10)4-3-7-16-12-5-6-12/h8-9,12,16H,3-7H2,1-2H3. The first-order chi connectivity index (χ1) is 8.20. The Bertz CT molecular complexity index is 388. The van der Waals surface area contributed by atoms with Crippen molar-refractivity contribution in [3.05, 3.63) is 28.3 Å². The fourth-order valence-corrected chi connectivity index (χ4v) is 2.26. The van der Waals surface area contributed by atoms with Gasteiger partial charge in [-0.1, -0.05) is 11.6 Å². The minimum Gasteiger partial charge on any atom is -0.495 e. The van der Waals surface area contributed by atoms with E-state index < -0.39 is 0 Å². The molecule has 1 aromatic rings. The zero-order valence-corrected chi connectivity index (χ0v) is 11.3. The molecule has 0 aromatic heterocycles. The second-order valence-corrected chi connectivity index (χ2v) is 5.15. The van der Waals surface area contributed by atoms with E-state index >= 15 is 0 Å². The zero-order chi connectivity index (χ0) is 12.3. The van der Waals surface area contributed by atoms with Crippen molar-refractivity contribution in [1.29, 1.82) is 0 Å². The molecule has 0 atom stereocenters. The quantitative estimate of drug-likeness (QED) is 0.786. The number of ether oxygens (including phenoxy) is 1. The summed E-state index contributed by atoms with van der Waals surface area (Å²) in [6.07, 6.45) is 4.95. The van der Waals surface area contributed by atoms with E-state index in [9.17, 15) is 0 Å². The lowest BCUT2D eigenvalue weighted by Crippen LogP contribution is -2.17. The van der Waals surface area contributed by atoms with Gasteiger partial charge in [0.05, 0.1) is 12.1 Å². The van der Waals surface area contributed by atoms with E-state index in [4.69, 9.17) is 16.3 Å². The van der Waals surface area contributed by atoms with Gasteiger partial charge < -0.3 is 10.1 Å². The second-order valence-electron chi connectivity index (χ2n) is 4.75. The Kier molecular flexibility index (Phi) is 4.30. The van der Waals surface area contributed by atoms with Gasteiger partial charge in [0.1, 0.15) is 5.75 Å². The van der Waals surface area contributed by atoms with Crippen LogP contribution >= 0.6 is 11.6 Å². The van der Waals surface area contributed by atoms with Crippen LogP contribution in [0.3, 0.4) is 0 Å². The van der Waals surface area contributed by atoms with Crippen LogP contribution in [0, 0.1) is 6.92 Å². The molecule has 0 amide bonds. The summed E-state index contributed by atoms with van der Waals surface area (Å²) in [7, 11) is 1.65. The summed E-state index contributed by atoms with van der Waals surface area (Å²) in [6, 6.07) is 4.86. The SMILES string of the molecule is COc1cc(C)c(CCCNC2CC2)cc1Cl. The molecule has 1 aromatic carbocycles. The Morgan fingerprint density at radius 2 is 2.18 bits per heavy atom. The first-order valence-electron chi connectivity index (χ1n) is 6.27. The van der Waals surface area contributed by atoms with E-state index in [1.807, 2.05) is 12.1 Å². The number of halogens is 1. The van der Waals surface area contributed by atoms with Crippen molar-refractivity contribution >= 4 is 11.6 Å². The molecular weight excluding hydrogens is 234 g/mol. The van der Waals surface area contributed by atoms with Gasteiger partial charge in [0.2, 0.25) is 0 Å². The summed E-state index contributed by atoms with van der Waals surface area (Å²) in [5.74, 6) is 0.768. The maximum absolute atomic E-state index is 6.13. The van der Waals surface area contributed by atoms with E-state index in [2.05, 4.69) is 12.2 Å². The molecule has 2 rings (SSSR count). The first-order valence-corrected chi connectivity index (χ1v) is 6.65. The van der Waals surface area contributed by atoms with Gasteiger partial charge in [-0.15, -0.1) is 0 Å². The number of methoxy groups -OCH3 is 1. The van der Waals surface area contributed by atoms with E-state index in [0.717, 1.165) is 24.8 Å². The molecule has 0 unspecified atom stereocenters. The molecule has 2 nitrogen and oxygen atoms in total. The third-order valence-corrected chi connectivity index (χ3v) is 3.54. The van der Waals surface area contributed by atoms with Crippen molar-refractivity contribution in [1.82, 2.24) is 5.32 Å². The average Bonchev–Trinajstić information content (AvgIpc) is 3.12. The van der Waals surface area contributed by atoms with Crippen LogP contribution in [0.2, 0.25) is 5.02 Å². The Hall–Kier alpha value is -0.730. The Morgan fingerprint density at radius 1 is 1.41 bits per heavy atom. The lowest BCUT2D eigenvalue weighted by Gasteiger charge is -2.10. The largest absolute Gasteiger partial charge is 0.495 e. The van der Waals surface area contributed by atoms with Gasteiger partial charge in [-0.25, -0.2) is 0 Å². The Balaban J connectivity index is 1.88. The van der Waals surface area contributed by atoms with Crippen molar-refractivity contribution in [3.8, 4) is 5.75 Å². The summed E-state index contributed by atoms with van der Waals surface area (Å²) in [5, 5.41) is 4.24. The molecule has 1 aliphatic carbocycles. The number of hydrogen-bond acceptors (Lipinski definition) is 2. The summed E-state index contributed by atoms with van der Waals surface area (Å²) in [6.45, 7) is 3.22. The van der Waals surface area contributed by atoms with Crippen LogP contribution in [-0.2, 0) is 6.42 Å². The molecule has 1 fully saturated rings. The molecule has 3 heteroatoms. The minimum atomic E-state index is 0.711. The third kappa shape index (κ3) is 3.62. The van der Waals surface area contributed by atoms with Gasteiger partial charge in [0.15, 0.2) is 0 Å². The molecule has 0 spiro atoms. The highest BCUT2D eigenvalue weighted by molar-refractivity contribution is 6.32. The molecule has 0 bridgehead atoms. The number of rotatable bonds is 6. The van der Waals surface area contributed by atoms with Crippen molar-refractivity contribution in [3.63, 3.8) is 0 Å². The molecule has 94 valence electrons. The van der Waals surface area contributed by atoms with Crippen LogP contribution in [0.15, 0.2) is 12.1 Å². The number of benzene rings is 1. The summed E-state index contributed by atoms with van der Waals surface area (Å²) < 4.78 is 5.20. The lowest BCUT2D eigenvalue weighted by molar-refractivity contribution is 0.414. The van der Waals surface area contributed by atoms with E-state index in [0.29, 0.717) is 5.02 Å². The summed E-state index contributed by atoms with van der Waals surface area (Å²) in [4.78, 5) is 0. The van der Waals surface area contributed by atoms with Crippen molar-refractivity contribution in [2.24, 2.45) is 0 Å². The van der Waals surface area contributed by atoms with E-state index in [1.165, 1.54) is 30.4 Å². The molecular formula is C14H20ClNO. The average molecular weight is 254 g/mol. The van der Waals surface area contributed by atoms with E-state index in [-0.39, 0.29) is 0 Å². The molecule has 1 N–H and O–H groups in total. The Morgan fingerprint density at radius 3 is 2.82 bits per heavy atom. The van der Waals surface area contributed by atoms with Gasteiger partial charge >= 0.3 is 0 Å². The maximum atomic E-state index is 6.13. The topological polar surface area (TPSA) is 21.3 Å². The fraction of sp³-hybridized carbons (Fsp3) is 0.571. The van der Waals surface area contributed by atoms with Crippen LogP contribution < -0.4 is 10.1 Å². The van der Waals surface area contributed by atoms with Gasteiger partial charge in [0, 0.05) is 6.04 Å². The van der Waals surface area contributed by atoms with Gasteiger partial charge in [0.25, 0.3) is 0 Å². The normalized spacial score (nSPS) is 15.0. The van der Waals surface area contributed by atoms with Gasteiger partial charge in [-0.3, -0.25) is 0 Å². The van der Waals surface area contributed by atoms with Crippen molar-refractivity contribution in [2.75, 3.05) is 13.7 Å². The number of nitrogens with one attached hydrogen (secondary N) is 1. The minimum absolute atomic E-state index is 0.711. The van der Waals surface area contributed by atoms with Gasteiger partial charge in [-0.2, -0.15) is 0 Å². The lowest BCUT2D eigenvalue weighted by atomic mass is 10.0. The maximum Gasteiger partial charge on any atom is 0.137 e. The van der Waals surface area contributed by atoms with Crippen LogP contribution in [0.25, 0.3) is 0 Å². The number of aryl methyl sites for hydroxylation is 2. The van der Waals surface area contributed by atoms with Crippen molar-refractivity contribution < 1.29 is 4.74 Å². The molecule has 1 saturated carbocycles. The predicted molar refractivity (Wildman–Crippen MR) is 72.1 cm³/mol. The van der Waals surface area contributed by atoms with E-state index in [1.54, 1.807) is 7.11 Å². The van der Waals surface area contributed by atoms with Crippen molar-refractivity contribution in [2.45, 2.75) is 38.6 Å². The predicted octanol–water partition coefficient (Wildman–Crippen LogP) is 3.34. The third-order valence-electron chi connectivity index (χ3n) is 3.24.